The molecular weight excluding hydrogens is 1060 g/mol. The number of piperidine rings is 1. The zero-order chi connectivity index (χ0) is 49.4. The van der Waals surface area contributed by atoms with Crippen LogP contribution < -0.4 is 71.9 Å². The third kappa shape index (κ3) is 17.9. The minimum atomic E-state index is -0.895. The number of benzene rings is 4. The van der Waals surface area contributed by atoms with Crippen molar-refractivity contribution in [1.82, 2.24) is 15.1 Å². The summed E-state index contributed by atoms with van der Waals surface area (Å²) in [6, 6.07) is 25.2. The first-order valence-electron chi connectivity index (χ1n) is 22.4. The van der Waals surface area contributed by atoms with Crippen LogP contribution in [0.1, 0.15) is 121 Å². The van der Waals surface area contributed by atoms with E-state index in [1.165, 1.54) is 40.9 Å². The molecule has 4 aromatic carbocycles. The molecule has 2 unspecified atom stereocenters. The van der Waals surface area contributed by atoms with Gasteiger partial charge in [0.15, 0.2) is 0 Å². The molecule has 4 heterocycles. The number of nitrogens with one attached hydrogen (secondary N) is 1. The van der Waals surface area contributed by atoms with Crippen LogP contribution in [-0.4, -0.2) is 88.4 Å². The third-order valence-electron chi connectivity index (χ3n) is 11.0. The van der Waals surface area contributed by atoms with Crippen molar-refractivity contribution in [2.45, 2.75) is 121 Å². The Morgan fingerprint density at radius 1 is 0.786 bits per heavy atom. The second-order valence-electron chi connectivity index (χ2n) is 17.4. The first-order valence-corrected chi connectivity index (χ1v) is 24.6. The molecule has 5 amide bonds. The number of aliphatic hydroxyl groups is 1. The number of halogens is 2. The Kier molecular flexibility index (Phi) is 25.4. The fraction of sp³-hybridized carbons (Fsp3) is 0.423. The van der Waals surface area contributed by atoms with Crippen molar-refractivity contribution in [3.63, 3.8) is 0 Å². The van der Waals surface area contributed by atoms with Crippen molar-refractivity contribution in [2.75, 3.05) is 20.3 Å². The van der Waals surface area contributed by atoms with Crippen molar-refractivity contribution < 1.29 is 104 Å². The molecule has 372 valence electrons. The van der Waals surface area contributed by atoms with Crippen LogP contribution in [0.5, 0.6) is 11.5 Å². The number of methoxy groups -OCH3 is 1. The van der Waals surface area contributed by atoms with E-state index < -0.39 is 35.5 Å². The largest absolute Gasteiger partial charge is 1.00 e. The molecule has 0 aromatic heterocycles. The Balaban J connectivity index is 0.000000302. The number of alkyl halides is 2. The number of imide groups is 1. The van der Waals surface area contributed by atoms with E-state index in [1.54, 1.807) is 51.1 Å². The average Bonchev–Trinajstić information content (AvgIpc) is 4.09. The molecule has 4 aliphatic heterocycles. The molecule has 0 saturated carbocycles. The fourth-order valence-electron chi connectivity index (χ4n) is 7.50. The van der Waals surface area contributed by atoms with E-state index in [4.69, 9.17) is 25.1 Å². The molecule has 18 heteroatoms. The van der Waals surface area contributed by atoms with E-state index in [2.05, 4.69) is 41.9 Å². The minimum Gasteiger partial charge on any atom is -0.489 e. The molecule has 0 spiro atoms. The summed E-state index contributed by atoms with van der Waals surface area (Å²) >= 11 is 6.85. The first-order chi connectivity index (χ1) is 32.5. The molecule has 4 N–H and O–H groups in total. The van der Waals surface area contributed by atoms with Crippen molar-refractivity contribution in [2.24, 2.45) is 5.73 Å². The predicted molar refractivity (Wildman–Crippen MR) is 269 cm³/mol. The number of ether oxygens (including phenoxy) is 4. The van der Waals surface area contributed by atoms with Crippen LogP contribution in [-0.2, 0) is 65.6 Å². The van der Waals surface area contributed by atoms with Crippen LogP contribution in [0.25, 0.3) is 0 Å². The van der Waals surface area contributed by atoms with E-state index in [0.717, 1.165) is 40.6 Å². The monoisotopic (exact) mass is 1120 g/mol. The summed E-state index contributed by atoms with van der Waals surface area (Å²) in [6.07, 6.45) is 3.25. The summed E-state index contributed by atoms with van der Waals surface area (Å²) in [5, 5.41) is 12.4. The van der Waals surface area contributed by atoms with Gasteiger partial charge in [-0.25, -0.2) is 0 Å². The van der Waals surface area contributed by atoms with Gasteiger partial charge in [0.25, 0.3) is 11.8 Å². The van der Waals surface area contributed by atoms with Gasteiger partial charge in [0.1, 0.15) is 36.8 Å². The first kappa shape index (κ1) is 60.3. The number of carbonyl (C=O) groups excluding carboxylic acids is 6. The standard InChI is InChI=1S/C22H23BrN2O5.C21H19BrN2O4.C4H8O.C4H10O.CH4.K/c1-29-20(26)10-9-18(21(24)27)25-12-17-16(22(25)28)3-2-4-19(17)30-13-15-7-5-14(11-23)6-8-15;22-10-13-4-6-14(7-5-13)12-28-18-3-1-2-15-16(18)11-24(21(15)27)17-8-9-19(25)23-20(17)26;1-2-4-5-3-1;1-4(2,3)5;;/h2-8,18H,9-13H2,1H3,(H2,24,27);1-7,17H,8-12H2,(H,23,25,26);1-4H2;5H,1-3H3;1H4;/q;;;;;+1. The topological polar surface area (TPSA) is 204 Å². The summed E-state index contributed by atoms with van der Waals surface area (Å²) < 4.78 is 21.5. The molecule has 2 fully saturated rings. The predicted octanol–water partition coefficient (Wildman–Crippen LogP) is 5.06. The van der Waals surface area contributed by atoms with Crippen LogP contribution >= 0.6 is 31.9 Å². The number of nitrogens with zero attached hydrogens (tertiary/aromatic N) is 2. The maximum atomic E-state index is 12.9. The van der Waals surface area contributed by atoms with Gasteiger partial charge in [0, 0.05) is 59.0 Å². The molecule has 0 aliphatic carbocycles. The zero-order valence-corrected chi connectivity index (χ0v) is 46.2. The van der Waals surface area contributed by atoms with E-state index >= 15 is 0 Å². The second-order valence-corrected chi connectivity index (χ2v) is 18.5. The quantitative estimate of drug-likeness (QED) is 0.0660. The summed E-state index contributed by atoms with van der Waals surface area (Å²) in [7, 11) is 1.27. The minimum absolute atomic E-state index is 0. The van der Waals surface area contributed by atoms with Gasteiger partial charge >= 0.3 is 57.4 Å². The molecule has 70 heavy (non-hydrogen) atoms. The molecule has 2 atom stereocenters. The van der Waals surface area contributed by atoms with Crippen molar-refractivity contribution in [1.29, 1.82) is 0 Å². The average molecular weight is 1120 g/mol. The molecular formula is C52H64Br2KN4O11+. The number of primary amides is 1. The second kappa shape index (κ2) is 29.5. The molecule has 8 rings (SSSR count). The number of amides is 5. The van der Waals surface area contributed by atoms with Gasteiger partial charge in [-0.15, -0.1) is 0 Å². The summed E-state index contributed by atoms with van der Waals surface area (Å²) in [6.45, 7) is 8.48. The molecule has 0 radical (unpaired) electrons. The van der Waals surface area contributed by atoms with Crippen molar-refractivity contribution in [3.8, 4) is 11.5 Å². The number of nitrogens with two attached hydrogens (primary N) is 1. The molecule has 2 saturated heterocycles. The van der Waals surface area contributed by atoms with Gasteiger partial charge < -0.3 is 39.6 Å². The number of esters is 1. The van der Waals surface area contributed by atoms with E-state index in [1.807, 2.05) is 54.6 Å². The normalized spacial score (nSPS) is 16.0. The summed E-state index contributed by atoms with van der Waals surface area (Å²) in [5.74, 6) is -1.08. The molecule has 4 aromatic rings. The number of carbonyl (C=O) groups is 6. The Labute approximate surface area is 470 Å². The maximum Gasteiger partial charge on any atom is 1.00 e. The van der Waals surface area contributed by atoms with Crippen LogP contribution in [0.3, 0.4) is 0 Å². The zero-order valence-electron chi connectivity index (χ0n) is 39.9. The van der Waals surface area contributed by atoms with Gasteiger partial charge in [0.2, 0.25) is 17.7 Å². The number of hydrogen-bond acceptors (Lipinski definition) is 11. The van der Waals surface area contributed by atoms with Gasteiger partial charge in [0.05, 0.1) is 25.8 Å². The molecule has 0 bridgehead atoms. The molecule has 15 nitrogen and oxygen atoms in total. The Morgan fingerprint density at radius 3 is 1.69 bits per heavy atom. The maximum absolute atomic E-state index is 12.9. The Bertz CT molecular complexity index is 2380. The van der Waals surface area contributed by atoms with E-state index in [-0.39, 0.29) is 102 Å². The van der Waals surface area contributed by atoms with Crippen LogP contribution in [0.4, 0.5) is 0 Å². The van der Waals surface area contributed by atoms with E-state index in [9.17, 15) is 28.8 Å². The van der Waals surface area contributed by atoms with Crippen molar-refractivity contribution in [3.05, 3.63) is 129 Å². The SMILES string of the molecule is C.C1CCOC1.CC(C)(C)O.COC(=O)CCC(C(N)=O)N1Cc2c(OCc3ccc(CBr)cc3)cccc2C1=O.O=C1CCC(N2Cc3c(OCc4ccc(CBr)cc4)cccc3C2=O)C(=O)N1.[K+]. The number of rotatable bonds is 14. The number of fused-ring (bicyclic) bond motifs is 2. The van der Waals surface area contributed by atoms with Gasteiger partial charge in [-0.05, 0) is 93.0 Å². The van der Waals surface area contributed by atoms with E-state index in [0.29, 0.717) is 54.4 Å². The Hall–Kier alpha value is -3.98. The van der Waals surface area contributed by atoms with Crippen LogP contribution in [0, 0.1) is 0 Å². The molecule has 4 aliphatic rings. The van der Waals surface area contributed by atoms with Gasteiger partial charge in [-0.1, -0.05) is 100.0 Å². The van der Waals surface area contributed by atoms with Crippen LogP contribution in [0.15, 0.2) is 84.9 Å². The smallest absolute Gasteiger partial charge is 0.489 e. The fourth-order valence-corrected chi connectivity index (χ4v) is 8.24. The van der Waals surface area contributed by atoms with Gasteiger partial charge in [-0.2, -0.15) is 0 Å². The third-order valence-corrected chi connectivity index (χ3v) is 12.3. The number of hydrogen-bond donors (Lipinski definition) is 3. The summed E-state index contributed by atoms with van der Waals surface area (Å²) in [5.41, 5.74) is 12.0. The summed E-state index contributed by atoms with van der Waals surface area (Å²) in [4.78, 5) is 75.7. The van der Waals surface area contributed by atoms with Crippen LogP contribution in [0.2, 0.25) is 0 Å². The Morgan fingerprint density at radius 2 is 1.26 bits per heavy atom. The van der Waals surface area contributed by atoms with Gasteiger partial charge in [-0.3, -0.25) is 34.1 Å². The van der Waals surface area contributed by atoms with Crippen molar-refractivity contribution >= 4 is 67.4 Å².